The van der Waals surface area contributed by atoms with Gasteiger partial charge in [-0.3, -0.25) is 14.3 Å². The fourth-order valence-electron chi connectivity index (χ4n) is 2.65. The van der Waals surface area contributed by atoms with E-state index in [1.807, 2.05) is 0 Å². The lowest BCUT2D eigenvalue weighted by Gasteiger charge is -2.36. The maximum absolute atomic E-state index is 12.2. The molecule has 1 saturated heterocycles. The molecule has 1 aromatic carbocycles. The largest absolute Gasteiger partial charge is 0.444 e. The summed E-state index contributed by atoms with van der Waals surface area (Å²) in [6, 6.07) is 4.33. The number of piperidine rings is 1. The quantitative estimate of drug-likeness (QED) is 0.437. The Kier molecular flexibility index (Phi) is 6.63. The second-order valence-electron chi connectivity index (χ2n) is 7.53. The minimum atomic E-state index is -4.12. The van der Waals surface area contributed by atoms with Crippen molar-refractivity contribution in [2.45, 2.75) is 43.8 Å². The molecular formula is C17H24N2O8S. The molecule has 10 nitrogen and oxygen atoms in total. The van der Waals surface area contributed by atoms with Crippen LogP contribution in [0.1, 0.15) is 27.2 Å². The highest BCUT2D eigenvalue weighted by atomic mass is 32.2. The van der Waals surface area contributed by atoms with Gasteiger partial charge in [0, 0.05) is 24.6 Å². The first-order valence-corrected chi connectivity index (χ1v) is 10.1. The van der Waals surface area contributed by atoms with Crippen LogP contribution in [0.2, 0.25) is 0 Å². The summed E-state index contributed by atoms with van der Waals surface area (Å²) in [6.07, 6.45) is -1.16. The number of likely N-dealkylation sites (tertiary alicyclic amines) is 1. The molecule has 1 N–H and O–H groups in total. The molecule has 2 rings (SSSR count). The zero-order chi connectivity index (χ0) is 21.1. The third kappa shape index (κ3) is 5.88. The van der Waals surface area contributed by atoms with Gasteiger partial charge in [0.05, 0.1) is 29.1 Å². The highest BCUT2D eigenvalue weighted by Crippen LogP contribution is 2.23. The van der Waals surface area contributed by atoms with E-state index in [1.165, 1.54) is 4.90 Å². The van der Waals surface area contributed by atoms with E-state index in [-0.39, 0.29) is 23.7 Å². The molecular weight excluding hydrogens is 392 g/mol. The van der Waals surface area contributed by atoms with E-state index in [0.717, 1.165) is 24.3 Å². The number of nitro benzene ring substituents is 1. The Hall–Kier alpha value is -2.24. The van der Waals surface area contributed by atoms with Gasteiger partial charge in [0.1, 0.15) is 5.60 Å². The Morgan fingerprint density at radius 2 is 1.93 bits per heavy atom. The van der Waals surface area contributed by atoms with E-state index in [2.05, 4.69) is 0 Å². The van der Waals surface area contributed by atoms with Gasteiger partial charge in [-0.15, -0.1) is 0 Å². The molecule has 1 heterocycles. The number of nitro groups is 1. The maximum atomic E-state index is 12.2. The molecule has 1 aromatic rings. The average Bonchev–Trinajstić information content (AvgIpc) is 2.59. The van der Waals surface area contributed by atoms with Crippen LogP contribution in [0.25, 0.3) is 0 Å². The van der Waals surface area contributed by atoms with Crippen LogP contribution < -0.4 is 0 Å². The van der Waals surface area contributed by atoms with Crippen molar-refractivity contribution >= 4 is 21.9 Å². The van der Waals surface area contributed by atoms with Crippen molar-refractivity contribution in [2.75, 3.05) is 19.7 Å². The molecule has 2 atom stereocenters. The SMILES string of the molecule is CC(C)(C)OC(=O)N1CC[C@@H](COS(=O)(=O)c2ccc([N+](=O)[O-])cc2)[C@@H](O)C1. The van der Waals surface area contributed by atoms with E-state index in [9.17, 15) is 28.4 Å². The number of β-amino-alcohol motifs (C(OH)–C–C–N with tert-alkyl or cyclic N) is 1. The van der Waals surface area contributed by atoms with Gasteiger partial charge in [0.25, 0.3) is 15.8 Å². The summed E-state index contributed by atoms with van der Waals surface area (Å²) in [7, 11) is -4.12. The number of benzene rings is 1. The lowest BCUT2D eigenvalue weighted by molar-refractivity contribution is -0.384. The highest BCUT2D eigenvalue weighted by molar-refractivity contribution is 7.86. The number of carbonyl (C=O) groups excluding carboxylic acids is 1. The van der Waals surface area contributed by atoms with Gasteiger partial charge in [0.2, 0.25) is 0 Å². The zero-order valence-corrected chi connectivity index (χ0v) is 16.7. The zero-order valence-electron chi connectivity index (χ0n) is 15.9. The summed E-state index contributed by atoms with van der Waals surface area (Å²) in [5.41, 5.74) is -0.884. The van der Waals surface area contributed by atoms with Crippen LogP contribution in [0.5, 0.6) is 0 Å². The molecule has 1 amide bonds. The average molecular weight is 416 g/mol. The molecule has 28 heavy (non-hydrogen) atoms. The summed E-state index contributed by atoms with van der Waals surface area (Å²) < 4.78 is 34.7. The van der Waals surface area contributed by atoms with Crippen LogP contribution >= 0.6 is 0 Å². The summed E-state index contributed by atoms with van der Waals surface area (Å²) >= 11 is 0. The summed E-state index contributed by atoms with van der Waals surface area (Å²) in [5.74, 6) is -0.480. The maximum Gasteiger partial charge on any atom is 0.410 e. The van der Waals surface area contributed by atoms with Crippen molar-refractivity contribution in [3.63, 3.8) is 0 Å². The molecule has 1 fully saturated rings. The van der Waals surface area contributed by atoms with Crippen LogP contribution in [-0.4, -0.2) is 60.8 Å². The predicted octanol–water partition coefficient (Wildman–Crippen LogP) is 1.92. The monoisotopic (exact) mass is 416 g/mol. The smallest absolute Gasteiger partial charge is 0.410 e. The van der Waals surface area contributed by atoms with Gasteiger partial charge in [-0.2, -0.15) is 8.42 Å². The number of carbonyl (C=O) groups is 1. The van der Waals surface area contributed by atoms with Gasteiger partial charge in [0.15, 0.2) is 0 Å². The minimum Gasteiger partial charge on any atom is -0.444 e. The van der Waals surface area contributed by atoms with E-state index in [1.54, 1.807) is 20.8 Å². The second kappa shape index (κ2) is 8.41. The third-order valence-corrected chi connectivity index (χ3v) is 5.44. The number of ether oxygens (including phenoxy) is 1. The lowest BCUT2D eigenvalue weighted by atomic mass is 9.95. The fourth-order valence-corrected chi connectivity index (χ4v) is 3.61. The van der Waals surface area contributed by atoms with Crippen LogP contribution in [-0.2, 0) is 19.0 Å². The normalized spacial score (nSPS) is 20.6. The van der Waals surface area contributed by atoms with Crippen LogP contribution in [0.4, 0.5) is 10.5 Å². The summed E-state index contributed by atoms with van der Waals surface area (Å²) in [4.78, 5) is 23.2. The molecule has 0 radical (unpaired) electrons. The Labute approximate surface area is 163 Å². The molecule has 0 spiro atoms. The summed E-state index contributed by atoms with van der Waals surface area (Å²) in [5, 5.41) is 20.9. The number of rotatable bonds is 5. The molecule has 11 heteroatoms. The number of hydrogen-bond donors (Lipinski definition) is 1. The first kappa shape index (κ1) is 22.1. The fraction of sp³-hybridized carbons (Fsp3) is 0.588. The molecule has 0 aliphatic carbocycles. The van der Waals surface area contributed by atoms with Gasteiger partial charge in [-0.25, -0.2) is 4.79 Å². The van der Waals surface area contributed by atoms with E-state index < -0.39 is 38.8 Å². The van der Waals surface area contributed by atoms with Crippen LogP contribution in [0, 0.1) is 16.0 Å². The number of aliphatic hydroxyl groups excluding tert-OH is 1. The number of non-ortho nitro benzene ring substituents is 1. The van der Waals surface area contributed by atoms with Gasteiger partial charge in [-0.1, -0.05) is 0 Å². The number of aliphatic hydroxyl groups is 1. The third-order valence-electron chi connectivity index (χ3n) is 4.15. The van der Waals surface area contributed by atoms with Crippen molar-refractivity contribution < 1.29 is 32.2 Å². The molecule has 1 aliphatic rings. The topological polar surface area (TPSA) is 136 Å². The number of hydrogen-bond acceptors (Lipinski definition) is 8. The van der Waals surface area contributed by atoms with Crippen LogP contribution in [0.15, 0.2) is 29.2 Å². The number of amides is 1. The predicted molar refractivity (Wildman–Crippen MR) is 98.2 cm³/mol. The van der Waals surface area contributed by atoms with Crippen molar-refractivity contribution in [3.05, 3.63) is 34.4 Å². The van der Waals surface area contributed by atoms with Crippen molar-refractivity contribution in [1.29, 1.82) is 0 Å². The Morgan fingerprint density at radius 3 is 2.43 bits per heavy atom. The number of nitrogens with zero attached hydrogens (tertiary/aromatic N) is 2. The van der Waals surface area contributed by atoms with Gasteiger partial charge < -0.3 is 14.7 Å². The minimum absolute atomic E-state index is 0.0144. The first-order valence-electron chi connectivity index (χ1n) is 8.69. The summed E-state index contributed by atoms with van der Waals surface area (Å²) in [6.45, 7) is 5.28. The molecule has 156 valence electrons. The van der Waals surface area contributed by atoms with Crippen molar-refractivity contribution in [3.8, 4) is 0 Å². The van der Waals surface area contributed by atoms with Gasteiger partial charge in [-0.05, 0) is 39.3 Å². The second-order valence-corrected chi connectivity index (χ2v) is 9.15. The first-order chi connectivity index (χ1) is 12.9. The standard InChI is InChI=1S/C17H24N2O8S/c1-17(2,3)27-16(21)18-9-8-12(15(20)10-18)11-26-28(24,25)14-6-4-13(5-7-14)19(22)23/h4-7,12,15,20H,8-11H2,1-3H3/t12-,15-/m0/s1. The highest BCUT2D eigenvalue weighted by Gasteiger charge is 2.33. The van der Waals surface area contributed by atoms with E-state index in [0.29, 0.717) is 13.0 Å². The molecule has 1 aliphatic heterocycles. The van der Waals surface area contributed by atoms with Crippen LogP contribution in [0.3, 0.4) is 0 Å². The Balaban J connectivity index is 1.92. The molecule has 0 aromatic heterocycles. The van der Waals surface area contributed by atoms with Crippen molar-refractivity contribution in [2.24, 2.45) is 5.92 Å². The molecule has 0 bridgehead atoms. The lowest BCUT2D eigenvalue weighted by Crippen LogP contribution is -2.49. The molecule has 0 unspecified atom stereocenters. The van der Waals surface area contributed by atoms with E-state index in [4.69, 9.17) is 8.92 Å². The van der Waals surface area contributed by atoms with Crippen molar-refractivity contribution in [1.82, 2.24) is 4.90 Å². The van der Waals surface area contributed by atoms with Gasteiger partial charge >= 0.3 is 6.09 Å². The van der Waals surface area contributed by atoms with E-state index >= 15 is 0 Å². The Bertz CT molecular complexity index is 817. The Morgan fingerprint density at radius 1 is 1.32 bits per heavy atom. The molecule has 0 saturated carbocycles.